The van der Waals surface area contributed by atoms with E-state index in [0.717, 1.165) is 6.07 Å². The van der Waals surface area contributed by atoms with Gasteiger partial charge in [0.1, 0.15) is 17.5 Å². The molecule has 1 heterocycles. The first-order chi connectivity index (χ1) is 10.5. The lowest BCUT2D eigenvalue weighted by molar-refractivity contribution is -0.384. The molecule has 0 saturated heterocycles. The van der Waals surface area contributed by atoms with E-state index >= 15 is 0 Å². The summed E-state index contributed by atoms with van der Waals surface area (Å²) in [5, 5.41) is 10.7. The first kappa shape index (κ1) is 14.5. The van der Waals surface area contributed by atoms with E-state index in [9.17, 15) is 18.9 Å². The summed E-state index contributed by atoms with van der Waals surface area (Å²) in [4.78, 5) is 17.8. The number of thioether (sulfide) groups is 1. The highest BCUT2D eigenvalue weighted by Crippen LogP contribution is 2.26. The number of hydrogen-bond acceptors (Lipinski definition) is 4. The minimum absolute atomic E-state index is 0.0278. The third-order valence-corrected chi connectivity index (χ3v) is 4.04. The van der Waals surface area contributed by atoms with Gasteiger partial charge in [-0.25, -0.2) is 13.8 Å². The van der Waals surface area contributed by atoms with E-state index in [0.29, 0.717) is 27.5 Å². The van der Waals surface area contributed by atoms with Crippen molar-refractivity contribution in [2.75, 3.05) is 0 Å². The molecule has 2 aromatic carbocycles. The second-order valence-corrected chi connectivity index (χ2v) is 5.52. The standard InChI is InChI=1S/C14H9F2N3O2S/c15-8-1-4-13(10(16)5-8)22-7-14-17-11-3-2-9(19(20)21)6-12(11)18-14/h1-6H,7H2,(H,17,18). The van der Waals surface area contributed by atoms with Crippen molar-refractivity contribution in [2.24, 2.45) is 0 Å². The molecule has 22 heavy (non-hydrogen) atoms. The van der Waals surface area contributed by atoms with E-state index < -0.39 is 16.6 Å². The Morgan fingerprint density at radius 2 is 2.05 bits per heavy atom. The van der Waals surface area contributed by atoms with Gasteiger partial charge >= 0.3 is 0 Å². The fourth-order valence-corrected chi connectivity index (χ4v) is 2.76. The molecular formula is C14H9F2N3O2S. The molecule has 0 unspecified atom stereocenters. The lowest BCUT2D eigenvalue weighted by Crippen LogP contribution is -1.87. The second kappa shape index (κ2) is 5.72. The van der Waals surface area contributed by atoms with Crippen molar-refractivity contribution in [3.05, 3.63) is 64.0 Å². The average molecular weight is 321 g/mol. The maximum atomic E-state index is 13.5. The molecule has 3 aromatic rings. The Kier molecular flexibility index (Phi) is 3.76. The van der Waals surface area contributed by atoms with Crippen LogP contribution in [0.4, 0.5) is 14.5 Å². The van der Waals surface area contributed by atoms with Crippen molar-refractivity contribution in [2.45, 2.75) is 10.6 Å². The topological polar surface area (TPSA) is 71.8 Å². The normalized spacial score (nSPS) is 11.0. The summed E-state index contributed by atoms with van der Waals surface area (Å²) in [6.45, 7) is 0. The number of benzene rings is 2. The zero-order chi connectivity index (χ0) is 15.7. The summed E-state index contributed by atoms with van der Waals surface area (Å²) in [7, 11) is 0. The molecular weight excluding hydrogens is 312 g/mol. The summed E-state index contributed by atoms with van der Waals surface area (Å²) in [5.74, 6) is -0.357. The number of hydrogen-bond donors (Lipinski definition) is 1. The third-order valence-electron chi connectivity index (χ3n) is 2.98. The summed E-state index contributed by atoms with van der Waals surface area (Å²) in [5.41, 5.74) is 1.12. The highest BCUT2D eigenvalue weighted by molar-refractivity contribution is 7.98. The number of rotatable bonds is 4. The molecule has 1 aromatic heterocycles. The number of nitrogens with zero attached hydrogens (tertiary/aromatic N) is 2. The lowest BCUT2D eigenvalue weighted by atomic mass is 10.3. The molecule has 0 radical (unpaired) electrons. The minimum Gasteiger partial charge on any atom is -0.341 e. The van der Waals surface area contributed by atoms with Crippen LogP contribution in [0.15, 0.2) is 41.3 Å². The molecule has 0 saturated carbocycles. The number of fused-ring (bicyclic) bond motifs is 1. The van der Waals surface area contributed by atoms with Gasteiger partial charge in [-0.2, -0.15) is 0 Å². The van der Waals surface area contributed by atoms with E-state index in [1.54, 1.807) is 6.07 Å². The molecule has 0 aliphatic carbocycles. The quantitative estimate of drug-likeness (QED) is 0.447. The maximum Gasteiger partial charge on any atom is 0.271 e. The summed E-state index contributed by atoms with van der Waals surface area (Å²) in [6.07, 6.45) is 0. The van der Waals surface area contributed by atoms with Crippen LogP contribution in [-0.2, 0) is 5.75 Å². The average Bonchev–Trinajstić information content (AvgIpc) is 2.88. The highest BCUT2D eigenvalue weighted by Gasteiger charge is 2.11. The highest BCUT2D eigenvalue weighted by atomic mass is 32.2. The molecule has 5 nitrogen and oxygen atoms in total. The van der Waals surface area contributed by atoms with Gasteiger partial charge < -0.3 is 4.98 Å². The van der Waals surface area contributed by atoms with Crippen LogP contribution < -0.4 is 0 Å². The van der Waals surface area contributed by atoms with E-state index in [4.69, 9.17) is 0 Å². The molecule has 0 bridgehead atoms. The first-order valence-corrected chi connectivity index (χ1v) is 7.22. The van der Waals surface area contributed by atoms with Gasteiger partial charge in [0.05, 0.1) is 21.7 Å². The van der Waals surface area contributed by atoms with Crippen LogP contribution in [0.5, 0.6) is 0 Å². The largest absolute Gasteiger partial charge is 0.341 e. The van der Waals surface area contributed by atoms with Crippen molar-refractivity contribution in [1.82, 2.24) is 9.97 Å². The fraction of sp³-hybridized carbons (Fsp3) is 0.0714. The number of aromatic nitrogens is 2. The maximum absolute atomic E-state index is 13.5. The van der Waals surface area contributed by atoms with Gasteiger partial charge in [-0.05, 0) is 18.2 Å². The van der Waals surface area contributed by atoms with Crippen molar-refractivity contribution in [3.63, 3.8) is 0 Å². The van der Waals surface area contributed by atoms with Crippen LogP contribution in [0.3, 0.4) is 0 Å². The van der Waals surface area contributed by atoms with Crippen molar-refractivity contribution in [1.29, 1.82) is 0 Å². The van der Waals surface area contributed by atoms with E-state index in [2.05, 4.69) is 9.97 Å². The Labute approximate surface area is 127 Å². The van der Waals surface area contributed by atoms with Crippen LogP contribution in [0, 0.1) is 21.7 Å². The molecule has 0 aliphatic heterocycles. The number of nitrogens with one attached hydrogen (secondary N) is 1. The van der Waals surface area contributed by atoms with Gasteiger partial charge in [-0.15, -0.1) is 11.8 Å². The van der Waals surface area contributed by atoms with Crippen LogP contribution in [-0.4, -0.2) is 14.9 Å². The van der Waals surface area contributed by atoms with Crippen LogP contribution in [0.25, 0.3) is 11.0 Å². The minimum atomic E-state index is -0.628. The number of halogens is 2. The predicted molar refractivity (Wildman–Crippen MR) is 78.7 cm³/mol. The number of H-pyrrole nitrogens is 1. The number of aromatic amines is 1. The molecule has 1 N–H and O–H groups in total. The molecule has 8 heteroatoms. The van der Waals surface area contributed by atoms with Gasteiger partial charge in [-0.3, -0.25) is 10.1 Å². The van der Waals surface area contributed by atoms with Gasteiger partial charge in [-0.1, -0.05) is 0 Å². The Morgan fingerprint density at radius 1 is 1.23 bits per heavy atom. The van der Waals surface area contributed by atoms with Gasteiger partial charge in [0, 0.05) is 23.1 Å². The zero-order valence-corrected chi connectivity index (χ0v) is 11.9. The predicted octanol–water partition coefficient (Wildman–Crippen LogP) is 4.04. The lowest BCUT2D eigenvalue weighted by Gasteiger charge is -2.01. The SMILES string of the molecule is O=[N+]([O-])c1ccc2nc(CSc3ccc(F)cc3F)[nH]c2c1. The number of imidazole rings is 1. The van der Waals surface area contributed by atoms with E-state index in [1.807, 2.05) is 0 Å². The van der Waals surface area contributed by atoms with Crippen LogP contribution >= 0.6 is 11.8 Å². The zero-order valence-electron chi connectivity index (χ0n) is 11.0. The molecule has 0 fully saturated rings. The van der Waals surface area contributed by atoms with Gasteiger partial charge in [0.25, 0.3) is 5.69 Å². The molecule has 0 atom stereocenters. The third kappa shape index (κ3) is 2.91. The van der Waals surface area contributed by atoms with Gasteiger partial charge in [0.2, 0.25) is 0 Å². The second-order valence-electron chi connectivity index (χ2n) is 4.51. The summed E-state index contributed by atoms with van der Waals surface area (Å²) >= 11 is 1.17. The summed E-state index contributed by atoms with van der Waals surface area (Å²) in [6, 6.07) is 7.70. The first-order valence-electron chi connectivity index (χ1n) is 6.24. The van der Waals surface area contributed by atoms with Crippen molar-refractivity contribution < 1.29 is 13.7 Å². The molecule has 0 spiro atoms. The molecule has 0 aliphatic rings. The molecule has 3 rings (SSSR count). The van der Waals surface area contributed by atoms with Crippen molar-refractivity contribution in [3.8, 4) is 0 Å². The van der Waals surface area contributed by atoms with Gasteiger partial charge in [0.15, 0.2) is 0 Å². The summed E-state index contributed by atoms with van der Waals surface area (Å²) < 4.78 is 26.4. The molecule has 112 valence electrons. The number of nitro benzene ring substituents is 1. The number of nitro groups is 1. The Morgan fingerprint density at radius 3 is 2.77 bits per heavy atom. The van der Waals surface area contributed by atoms with Crippen LogP contribution in [0.2, 0.25) is 0 Å². The van der Waals surface area contributed by atoms with Crippen molar-refractivity contribution >= 4 is 28.5 Å². The Bertz CT molecular complexity index is 866. The monoisotopic (exact) mass is 321 g/mol. The van der Waals surface area contributed by atoms with E-state index in [-0.39, 0.29) is 5.69 Å². The van der Waals surface area contributed by atoms with Crippen LogP contribution in [0.1, 0.15) is 5.82 Å². The Hall–Kier alpha value is -2.48. The smallest absolute Gasteiger partial charge is 0.271 e. The fourth-order valence-electron chi connectivity index (χ4n) is 1.97. The van der Waals surface area contributed by atoms with E-state index in [1.165, 1.54) is 36.0 Å². The Balaban J connectivity index is 1.80. The number of non-ortho nitro benzene ring substituents is 1. The molecule has 0 amide bonds.